The molecule has 0 saturated heterocycles. The van der Waals surface area contributed by atoms with Gasteiger partial charge >= 0.3 is 23.9 Å². The summed E-state index contributed by atoms with van der Waals surface area (Å²) in [6.07, 6.45) is -13.8. The van der Waals surface area contributed by atoms with Gasteiger partial charge in [0.25, 0.3) is 5.91 Å². The van der Waals surface area contributed by atoms with Gasteiger partial charge in [0.1, 0.15) is 42.9 Å². The van der Waals surface area contributed by atoms with Crippen molar-refractivity contribution in [2.24, 2.45) is 0 Å². The number of ether oxygens (including phenoxy) is 1. The van der Waals surface area contributed by atoms with E-state index in [1.807, 2.05) is 0 Å². The maximum Gasteiger partial charge on any atom is 0.326 e. The number of nitrogens with one attached hydrogen (secondary N) is 13. The molecule has 0 aliphatic rings. The first-order valence-electron chi connectivity index (χ1n) is 36.8. The van der Waals surface area contributed by atoms with Crippen molar-refractivity contribution in [2.45, 2.75) is 215 Å². The molecule has 0 spiro atoms. The van der Waals surface area contributed by atoms with Crippen molar-refractivity contribution in [1.29, 1.82) is 5.41 Å². The molecule has 0 saturated carbocycles. The number of nitrogens with two attached hydrogens (primary N) is 1. The zero-order valence-electron chi connectivity index (χ0n) is 63.4. The Hall–Kier alpha value is -10.0. The Balaban J connectivity index is 1.78. The lowest BCUT2D eigenvalue weighted by atomic mass is 10.0. The van der Waals surface area contributed by atoms with Gasteiger partial charge in [0.05, 0.1) is 74.9 Å². The number of nitrogens with zero attached hydrogens (tertiary/aromatic N) is 3. The van der Waals surface area contributed by atoms with Crippen LogP contribution in [0.5, 0.6) is 0 Å². The molecule has 0 fully saturated rings. The van der Waals surface area contributed by atoms with Gasteiger partial charge in [-0.25, -0.2) is 14.8 Å². The zero-order valence-corrected chi connectivity index (χ0v) is 65.1. The molecule has 2 heterocycles. The first-order chi connectivity index (χ1) is 54.5. The summed E-state index contributed by atoms with van der Waals surface area (Å²) in [4.78, 5) is 200. The normalized spacial score (nSPS) is 14.6. The van der Waals surface area contributed by atoms with Crippen LogP contribution in [0.15, 0.2) is 30.5 Å². The van der Waals surface area contributed by atoms with Crippen LogP contribution in [0.1, 0.15) is 145 Å². The number of hydrogen-bond acceptors (Lipinski definition) is 32. The SMILES string of the molecule is CC(=O)N[C@@H](CCC(=O)NCC[C@@H](O)C[C@H](O)CO)C(=O)N[C@@H](CCC(=O)O)C(=O)N[C@@H](CCC(=O)NCC[C@@H](O)C[C@H](O)CO)C(=O)N[C@@H](CCC(=O)O)C(=O)N[C@@H](CCC(=O)NCC[C@@H](O)C[C@H](O)CO)C(=O)N[C@H](C)CSSCCOC(=O)CC[C@H](NC(=O)c1ccc(NCc2cnc3nc(N)[nH]c(=N)c3n2)cc1)C(=O)O. The molecule has 44 nitrogen and oxygen atoms in total. The van der Waals surface area contributed by atoms with Crippen LogP contribution in [-0.2, 0) is 73.6 Å². The molecular formula is C69H107N17O27S2. The Morgan fingerprint density at radius 3 is 1.33 bits per heavy atom. The number of anilines is 2. The van der Waals surface area contributed by atoms with Gasteiger partial charge in [-0.3, -0.25) is 67.7 Å². The number of rotatable bonds is 59. The van der Waals surface area contributed by atoms with Gasteiger partial charge in [0.15, 0.2) is 16.7 Å². The number of aliphatic hydroxyl groups excluding tert-OH is 9. The summed E-state index contributed by atoms with van der Waals surface area (Å²) in [5.41, 5.74) is 7.08. The van der Waals surface area contributed by atoms with Crippen molar-refractivity contribution >= 4 is 127 Å². The standard InChI is InChI=1S/C69H107N17O27S2/c1-36(35-115-114-26-25-113-58(104)18-12-52(68(111)112)84-62(105)38-3-5-39(6-4-38)75-30-40-31-76-61-59(79-40)60(70)85-69(71)86-61)77-63(106)48(8-14-54(98)73-23-20-42(92)28-45(95)33-88)80-66(109)51(11-17-57(102)103)83-65(108)49(9-15-55(99)74-24-21-43(93)29-46(96)34-89)81-67(110)50(10-16-56(100)101)82-64(107)47(78-37(2)90)7-13-53(97)72-22-19-41(91)27-44(94)32-87/h3-6,31,36,41-52,75,87-89,91-96H,7-30,32-35H2,1-2H3,(H,72,97)(H,73,98)(H,74,99)(H,77,106)(H,78,90)(H,80,109)(H,81,110)(H,82,107)(H,83,108)(H,84,105)(H,100,101)(H,102,103)(H,111,112)(H4,70,71,76,85,86)/t36-,41-,42-,43-,44+,45+,46+,47+,48+,49+,50+,51+,52+/m1/s1. The molecule has 0 aliphatic carbocycles. The van der Waals surface area contributed by atoms with E-state index >= 15 is 0 Å². The molecule has 0 aliphatic heterocycles. The molecule has 46 heteroatoms. The lowest BCUT2D eigenvalue weighted by Gasteiger charge is -2.27. The van der Waals surface area contributed by atoms with Gasteiger partial charge in [-0.1, -0.05) is 21.6 Å². The monoisotopic (exact) mass is 1670 g/mol. The maximum absolute atomic E-state index is 14.6. The molecule has 27 N–H and O–H groups in total. The summed E-state index contributed by atoms with van der Waals surface area (Å²) in [5.74, 6) is -14.5. The van der Waals surface area contributed by atoms with E-state index < -0.39 is 252 Å². The molecule has 0 unspecified atom stereocenters. The molecule has 2 aromatic heterocycles. The van der Waals surface area contributed by atoms with Crippen LogP contribution in [0.3, 0.4) is 0 Å². The Labute approximate surface area is 666 Å². The van der Waals surface area contributed by atoms with E-state index in [1.54, 1.807) is 19.1 Å². The fraction of sp³-hybridized carbons (Fsp3) is 0.623. The number of amides is 10. The number of esters is 1. The highest BCUT2D eigenvalue weighted by atomic mass is 33.1. The zero-order chi connectivity index (χ0) is 85.7. The van der Waals surface area contributed by atoms with Gasteiger partial charge in [-0.15, -0.1) is 0 Å². The highest BCUT2D eigenvalue weighted by molar-refractivity contribution is 8.76. The second-order valence-corrected chi connectivity index (χ2v) is 29.3. The van der Waals surface area contributed by atoms with Gasteiger partial charge in [0.2, 0.25) is 59.1 Å². The molecule has 0 bridgehead atoms. The summed E-state index contributed by atoms with van der Waals surface area (Å²) in [7, 11) is 2.38. The lowest BCUT2D eigenvalue weighted by Crippen LogP contribution is -2.59. The number of aliphatic carboxylic acids is 3. The number of aliphatic hydroxyl groups is 9. The quantitative estimate of drug-likeness (QED) is 0.0142. The summed E-state index contributed by atoms with van der Waals surface area (Å²) in [6.45, 7) is 0.162. The molecule has 3 aromatic rings. The molecular weight excluding hydrogens is 1560 g/mol. The number of carbonyl (C=O) groups is 14. The average molecular weight is 1670 g/mol. The third kappa shape index (κ3) is 41.7. The molecule has 1 aromatic carbocycles. The van der Waals surface area contributed by atoms with E-state index in [1.165, 1.54) is 39.9 Å². The van der Waals surface area contributed by atoms with E-state index in [2.05, 4.69) is 78.4 Å². The first-order valence-corrected chi connectivity index (χ1v) is 39.3. The third-order valence-corrected chi connectivity index (χ3v) is 19.3. The molecule has 3 rings (SSSR count). The van der Waals surface area contributed by atoms with Crippen LogP contribution in [-0.4, -0.2) is 301 Å². The van der Waals surface area contributed by atoms with E-state index in [0.29, 0.717) is 11.4 Å². The van der Waals surface area contributed by atoms with Crippen LogP contribution >= 0.6 is 21.6 Å². The smallest absolute Gasteiger partial charge is 0.326 e. The van der Waals surface area contributed by atoms with E-state index in [4.69, 9.17) is 26.1 Å². The number of hydrogen-bond donors (Lipinski definition) is 26. The van der Waals surface area contributed by atoms with E-state index in [0.717, 1.165) is 6.92 Å². The van der Waals surface area contributed by atoms with Crippen molar-refractivity contribution in [1.82, 2.24) is 73.1 Å². The number of aromatic amines is 1. The number of benzene rings is 1. The minimum Gasteiger partial charge on any atom is -0.481 e. The highest BCUT2D eigenvalue weighted by Gasteiger charge is 2.35. The van der Waals surface area contributed by atoms with E-state index in [9.17, 15) is 118 Å². The molecule has 642 valence electrons. The number of carbonyl (C=O) groups excluding carboxylic acids is 11. The average Bonchev–Trinajstić information content (AvgIpc) is 0.811. The molecule has 115 heavy (non-hydrogen) atoms. The molecule has 13 atom stereocenters. The number of aromatic nitrogens is 4. The fourth-order valence-corrected chi connectivity index (χ4v) is 12.7. The summed E-state index contributed by atoms with van der Waals surface area (Å²) in [6, 6.07) is -5.16. The Morgan fingerprint density at radius 2 is 0.922 bits per heavy atom. The number of carboxylic acids is 3. The maximum atomic E-state index is 14.6. The van der Waals surface area contributed by atoms with Crippen molar-refractivity contribution in [3.8, 4) is 0 Å². The van der Waals surface area contributed by atoms with Gasteiger partial charge in [-0.05, 0) is 89.0 Å². The summed E-state index contributed by atoms with van der Waals surface area (Å²) in [5, 5.41) is 152. The van der Waals surface area contributed by atoms with Crippen molar-refractivity contribution in [3.63, 3.8) is 0 Å². The minimum absolute atomic E-state index is 0.00478. The number of nitrogen functional groups attached to an aromatic ring is 1. The molecule has 0 radical (unpaired) electrons. The van der Waals surface area contributed by atoms with Gasteiger partial charge in [0, 0.05) is 113 Å². The van der Waals surface area contributed by atoms with Crippen LogP contribution in [0.2, 0.25) is 0 Å². The van der Waals surface area contributed by atoms with Crippen molar-refractivity contribution in [2.75, 3.05) is 68.6 Å². The Kier molecular flexibility index (Phi) is 46.5. The second kappa shape index (κ2) is 53.9. The van der Waals surface area contributed by atoms with Crippen LogP contribution in [0.4, 0.5) is 11.6 Å². The Morgan fingerprint density at radius 1 is 0.513 bits per heavy atom. The number of H-pyrrole nitrogens is 1. The minimum atomic E-state index is -1.93. The number of fused-ring (bicyclic) bond motifs is 1. The van der Waals surface area contributed by atoms with Crippen molar-refractivity contribution in [3.05, 3.63) is 47.2 Å². The largest absolute Gasteiger partial charge is 0.481 e. The first kappa shape index (κ1) is 99.2. The van der Waals surface area contributed by atoms with Gasteiger partial charge in [-0.2, -0.15) is 4.98 Å². The predicted octanol–water partition coefficient (Wildman–Crippen LogP) is -6.24. The van der Waals surface area contributed by atoms with Crippen LogP contribution < -0.4 is 69.7 Å². The fourth-order valence-electron chi connectivity index (χ4n) is 10.6. The predicted molar refractivity (Wildman–Crippen MR) is 408 cm³/mol. The van der Waals surface area contributed by atoms with Crippen LogP contribution in [0, 0.1) is 5.41 Å². The number of carboxylic acid groups (broad SMARTS) is 3. The summed E-state index contributed by atoms with van der Waals surface area (Å²) < 4.78 is 5.28. The second-order valence-electron chi connectivity index (χ2n) is 26.7. The molecule has 10 amide bonds. The van der Waals surface area contributed by atoms with Gasteiger partial charge < -0.3 is 135 Å². The third-order valence-electron chi connectivity index (χ3n) is 16.8. The Bertz CT molecular complexity index is 3740. The van der Waals surface area contributed by atoms with E-state index in [-0.39, 0.29) is 117 Å². The van der Waals surface area contributed by atoms with Crippen molar-refractivity contribution < 1.29 is 133 Å². The van der Waals surface area contributed by atoms with Crippen LogP contribution in [0.25, 0.3) is 11.2 Å². The topological polar surface area (TPSA) is 728 Å². The summed E-state index contributed by atoms with van der Waals surface area (Å²) >= 11 is 0. The highest BCUT2D eigenvalue weighted by Crippen LogP contribution is 2.22. The lowest BCUT2D eigenvalue weighted by molar-refractivity contribution is -0.144.